The van der Waals surface area contributed by atoms with Gasteiger partial charge in [0, 0.05) is 38.0 Å². The number of nitrogens with one attached hydrogen (secondary N) is 2. The maximum Gasteiger partial charge on any atom is 0.341 e. The van der Waals surface area contributed by atoms with Crippen molar-refractivity contribution in [2.24, 2.45) is 0 Å². The summed E-state index contributed by atoms with van der Waals surface area (Å²) in [5, 5.41) is 4.77. The van der Waals surface area contributed by atoms with Gasteiger partial charge in [0.25, 0.3) is 5.91 Å². The van der Waals surface area contributed by atoms with Crippen molar-refractivity contribution in [3.63, 3.8) is 0 Å². The number of aromatic nitrogens is 1. The maximum absolute atomic E-state index is 12.5. The van der Waals surface area contributed by atoms with E-state index in [-0.39, 0.29) is 34.7 Å². The largest absolute Gasteiger partial charge is 0.452 e. The summed E-state index contributed by atoms with van der Waals surface area (Å²) in [6, 6.07) is 9.44. The predicted molar refractivity (Wildman–Crippen MR) is 116 cm³/mol. The lowest BCUT2D eigenvalue weighted by Crippen LogP contribution is -2.26. The smallest absolute Gasteiger partial charge is 0.341 e. The molecule has 1 saturated heterocycles. The van der Waals surface area contributed by atoms with Crippen molar-refractivity contribution in [3.05, 3.63) is 48.2 Å². The topological polar surface area (TPSA) is 135 Å². The number of thioether (sulfide) groups is 1. The Morgan fingerprint density at radius 3 is 2.38 bits per heavy atom. The van der Waals surface area contributed by atoms with E-state index in [0.717, 1.165) is 16.7 Å². The minimum absolute atomic E-state index is 0.0220. The molecule has 2 aromatic rings. The molecule has 4 amide bonds. The van der Waals surface area contributed by atoms with E-state index in [2.05, 4.69) is 15.6 Å². The lowest BCUT2D eigenvalue weighted by molar-refractivity contribution is -0.136. The quantitative estimate of drug-likeness (QED) is 0.475. The monoisotopic (exact) mass is 456 g/mol. The van der Waals surface area contributed by atoms with Crippen LogP contribution in [0.25, 0.3) is 0 Å². The molecule has 2 heterocycles. The number of esters is 1. The summed E-state index contributed by atoms with van der Waals surface area (Å²) in [7, 11) is 1.41. The van der Waals surface area contributed by atoms with Gasteiger partial charge in [-0.2, -0.15) is 0 Å². The highest BCUT2D eigenvalue weighted by Crippen LogP contribution is 2.31. The summed E-state index contributed by atoms with van der Waals surface area (Å²) < 4.78 is 5.09. The molecule has 1 fully saturated rings. The first-order valence-electron chi connectivity index (χ1n) is 9.51. The first kappa shape index (κ1) is 22.9. The van der Waals surface area contributed by atoms with Crippen LogP contribution < -0.4 is 10.6 Å². The Balaban J connectivity index is 1.57. The fourth-order valence-electron chi connectivity index (χ4n) is 2.83. The van der Waals surface area contributed by atoms with Crippen LogP contribution in [-0.2, 0) is 23.9 Å². The van der Waals surface area contributed by atoms with Crippen LogP contribution in [0.1, 0.15) is 23.7 Å². The molecule has 1 aromatic heterocycles. The Morgan fingerprint density at radius 2 is 1.78 bits per heavy atom. The molecule has 0 saturated carbocycles. The molecule has 0 bridgehead atoms. The highest BCUT2D eigenvalue weighted by molar-refractivity contribution is 8.00. The summed E-state index contributed by atoms with van der Waals surface area (Å²) in [5.41, 5.74) is 1.14. The molecule has 11 heteroatoms. The zero-order valence-electron chi connectivity index (χ0n) is 17.3. The minimum Gasteiger partial charge on any atom is -0.452 e. The van der Waals surface area contributed by atoms with Crippen molar-refractivity contribution in [2.45, 2.75) is 23.6 Å². The molecule has 1 unspecified atom stereocenters. The lowest BCUT2D eigenvalue weighted by atomic mass is 10.2. The SMILES string of the molecule is CC(=O)Nc1ccc(NC(=O)COC(=O)c2cccnc2SC2CC(=O)N(C)C2=O)cc1. The first-order chi connectivity index (χ1) is 15.2. The number of imide groups is 1. The van der Waals surface area contributed by atoms with Gasteiger partial charge >= 0.3 is 5.97 Å². The summed E-state index contributed by atoms with van der Waals surface area (Å²) in [6.45, 7) is 0.856. The first-order valence-corrected chi connectivity index (χ1v) is 10.4. The summed E-state index contributed by atoms with van der Waals surface area (Å²) in [4.78, 5) is 64.7. The molecule has 1 aromatic carbocycles. The lowest BCUT2D eigenvalue weighted by Gasteiger charge is -2.11. The highest BCUT2D eigenvalue weighted by Gasteiger charge is 2.37. The molecule has 1 atom stereocenters. The number of pyridine rings is 1. The number of carbonyl (C=O) groups excluding carboxylic acids is 5. The molecular weight excluding hydrogens is 436 g/mol. The predicted octanol–water partition coefficient (Wildman–Crippen LogP) is 1.68. The number of likely N-dealkylation sites (tertiary alicyclic amines) is 1. The molecule has 10 nitrogen and oxygen atoms in total. The molecule has 0 aliphatic carbocycles. The van der Waals surface area contributed by atoms with Gasteiger partial charge in [0.15, 0.2) is 6.61 Å². The average molecular weight is 456 g/mol. The number of carbonyl (C=O) groups is 5. The number of ether oxygens (including phenoxy) is 1. The Labute approximate surface area is 187 Å². The number of amides is 4. The van der Waals surface area contributed by atoms with Crippen molar-refractivity contribution in [1.29, 1.82) is 0 Å². The van der Waals surface area contributed by atoms with Gasteiger partial charge in [-0.05, 0) is 36.4 Å². The van der Waals surface area contributed by atoms with Crippen molar-refractivity contribution < 1.29 is 28.7 Å². The molecule has 1 aliphatic rings. The number of anilines is 2. The van der Waals surface area contributed by atoms with Gasteiger partial charge in [0.2, 0.25) is 17.7 Å². The molecular formula is C21H20N4O6S. The van der Waals surface area contributed by atoms with Crippen LogP contribution in [0.5, 0.6) is 0 Å². The molecule has 3 rings (SSSR count). The second kappa shape index (κ2) is 10.1. The van der Waals surface area contributed by atoms with Crippen LogP contribution in [0.4, 0.5) is 11.4 Å². The normalized spacial score (nSPS) is 15.4. The van der Waals surface area contributed by atoms with Crippen LogP contribution in [0.3, 0.4) is 0 Å². The Bertz CT molecular complexity index is 1070. The van der Waals surface area contributed by atoms with Gasteiger partial charge in [-0.1, -0.05) is 11.8 Å². The van der Waals surface area contributed by atoms with Gasteiger partial charge in [-0.25, -0.2) is 9.78 Å². The number of benzene rings is 1. The molecule has 2 N–H and O–H groups in total. The second-order valence-corrected chi connectivity index (χ2v) is 8.03. The summed E-state index contributed by atoms with van der Waals surface area (Å²) in [5.74, 6) is -2.19. The number of rotatable bonds is 7. The van der Waals surface area contributed by atoms with Gasteiger partial charge in [0.05, 0.1) is 10.8 Å². The second-order valence-electron chi connectivity index (χ2n) is 6.84. The minimum atomic E-state index is -0.776. The fraction of sp³-hybridized carbons (Fsp3) is 0.238. The zero-order valence-corrected chi connectivity index (χ0v) is 18.1. The van der Waals surface area contributed by atoms with Crippen LogP contribution in [0.2, 0.25) is 0 Å². The van der Waals surface area contributed by atoms with Crippen molar-refractivity contribution >= 4 is 52.7 Å². The van der Waals surface area contributed by atoms with Crippen molar-refractivity contribution in [3.8, 4) is 0 Å². The van der Waals surface area contributed by atoms with E-state index in [0.29, 0.717) is 11.4 Å². The maximum atomic E-state index is 12.5. The van der Waals surface area contributed by atoms with Crippen LogP contribution in [-0.4, -0.2) is 58.4 Å². The molecule has 32 heavy (non-hydrogen) atoms. The van der Waals surface area contributed by atoms with E-state index in [4.69, 9.17) is 4.74 Å². The summed E-state index contributed by atoms with van der Waals surface area (Å²) in [6.07, 6.45) is 1.48. The number of nitrogens with zero attached hydrogens (tertiary/aromatic N) is 2. The molecule has 166 valence electrons. The van der Waals surface area contributed by atoms with Gasteiger partial charge in [-0.3, -0.25) is 24.1 Å². The summed E-state index contributed by atoms with van der Waals surface area (Å²) >= 11 is 1.01. The fourth-order valence-corrected chi connectivity index (χ4v) is 3.99. The van der Waals surface area contributed by atoms with E-state index in [9.17, 15) is 24.0 Å². The third kappa shape index (κ3) is 5.70. The van der Waals surface area contributed by atoms with Crippen LogP contribution >= 0.6 is 11.8 Å². The van der Waals surface area contributed by atoms with Gasteiger partial charge < -0.3 is 15.4 Å². The van der Waals surface area contributed by atoms with Crippen molar-refractivity contribution in [1.82, 2.24) is 9.88 Å². The molecule has 1 aliphatic heterocycles. The molecule has 0 spiro atoms. The van der Waals surface area contributed by atoms with Gasteiger partial charge in [-0.15, -0.1) is 0 Å². The van der Waals surface area contributed by atoms with Crippen LogP contribution in [0.15, 0.2) is 47.6 Å². The van der Waals surface area contributed by atoms with E-state index >= 15 is 0 Å². The Hall–Kier alpha value is -3.73. The highest BCUT2D eigenvalue weighted by atomic mass is 32.2. The molecule has 0 radical (unpaired) electrons. The number of hydrogen-bond donors (Lipinski definition) is 2. The average Bonchev–Trinajstić information content (AvgIpc) is 3.00. The zero-order chi connectivity index (χ0) is 23.3. The van der Waals surface area contributed by atoms with Crippen LogP contribution in [0, 0.1) is 0 Å². The van der Waals surface area contributed by atoms with E-state index in [1.807, 2.05) is 0 Å². The van der Waals surface area contributed by atoms with E-state index < -0.39 is 23.7 Å². The van der Waals surface area contributed by atoms with Crippen molar-refractivity contribution in [2.75, 3.05) is 24.3 Å². The van der Waals surface area contributed by atoms with E-state index in [1.54, 1.807) is 24.3 Å². The number of hydrogen-bond acceptors (Lipinski definition) is 8. The Kier molecular flexibility index (Phi) is 7.21. The Morgan fingerprint density at radius 1 is 1.12 bits per heavy atom. The third-order valence-electron chi connectivity index (χ3n) is 4.41. The van der Waals surface area contributed by atoms with Gasteiger partial charge in [0.1, 0.15) is 5.03 Å². The van der Waals surface area contributed by atoms with E-state index in [1.165, 1.54) is 32.3 Å². The third-order valence-corrected chi connectivity index (χ3v) is 5.61. The standard InChI is InChI=1S/C21H20N4O6S/c1-12(26)23-13-5-7-14(8-6-13)24-17(27)11-31-21(30)15-4-3-9-22-19(15)32-16-10-18(28)25(2)20(16)29/h3-9,16H,10-11H2,1-2H3,(H,23,26)(H,24,27).